The number of furan rings is 1. The van der Waals surface area contributed by atoms with Crippen molar-refractivity contribution in [1.29, 1.82) is 0 Å². The first-order valence-electron chi connectivity index (χ1n) is 9.64. The predicted molar refractivity (Wildman–Crippen MR) is 110 cm³/mol. The molecule has 2 aromatic carbocycles. The van der Waals surface area contributed by atoms with E-state index in [1.807, 2.05) is 43.3 Å². The standard InChI is InChI=1S/C23H20N2O5/c1-2-28-17-12-10-15(11-13-17)24-22(26)19-20(18-9-6-14-29-18)25(30-21(19)23(24)27)16-7-4-3-5-8-16/h3-14,20,26-27H,2H2,1H3. The monoisotopic (exact) mass is 404 g/mol. The molecule has 0 spiro atoms. The highest BCUT2D eigenvalue weighted by Crippen LogP contribution is 2.54. The molecule has 0 aliphatic carbocycles. The maximum atomic E-state index is 11.1. The summed E-state index contributed by atoms with van der Waals surface area (Å²) >= 11 is 0. The molecule has 3 heterocycles. The van der Waals surface area contributed by atoms with E-state index in [0.29, 0.717) is 29.4 Å². The minimum Gasteiger partial charge on any atom is -0.494 e. The number of ether oxygens (including phenoxy) is 1. The molecule has 152 valence electrons. The molecule has 2 N–H and O–H groups in total. The maximum Gasteiger partial charge on any atom is 0.246 e. The average molecular weight is 404 g/mol. The van der Waals surface area contributed by atoms with E-state index >= 15 is 0 Å². The molecule has 1 aliphatic rings. The van der Waals surface area contributed by atoms with Crippen LogP contribution in [-0.4, -0.2) is 21.4 Å². The SMILES string of the molecule is CCOc1ccc(-n2c(O)c3c(c2O)C(c2ccco2)N(c2ccccc2)O3)cc1. The zero-order valence-corrected chi connectivity index (χ0v) is 16.2. The van der Waals surface area contributed by atoms with E-state index in [2.05, 4.69) is 0 Å². The Bertz CT molecular complexity index is 1150. The van der Waals surface area contributed by atoms with Gasteiger partial charge in [0.25, 0.3) is 0 Å². The molecule has 0 saturated carbocycles. The largest absolute Gasteiger partial charge is 0.494 e. The number of benzene rings is 2. The van der Waals surface area contributed by atoms with Gasteiger partial charge in [-0.15, -0.1) is 0 Å². The first kappa shape index (κ1) is 18.1. The van der Waals surface area contributed by atoms with Crippen LogP contribution in [0.3, 0.4) is 0 Å². The Balaban J connectivity index is 1.62. The highest BCUT2D eigenvalue weighted by atomic mass is 16.7. The lowest BCUT2D eigenvalue weighted by atomic mass is 10.1. The molecule has 30 heavy (non-hydrogen) atoms. The highest BCUT2D eigenvalue weighted by Gasteiger charge is 2.44. The maximum absolute atomic E-state index is 11.1. The number of fused-ring (bicyclic) bond motifs is 1. The molecular formula is C23H20N2O5. The Kier molecular flexibility index (Phi) is 4.28. The molecule has 0 fully saturated rings. The van der Waals surface area contributed by atoms with Crippen LogP contribution in [0.4, 0.5) is 5.69 Å². The number of rotatable bonds is 5. The summed E-state index contributed by atoms with van der Waals surface area (Å²) in [6, 6.07) is 19.6. The summed E-state index contributed by atoms with van der Waals surface area (Å²) in [6.07, 6.45) is 1.57. The van der Waals surface area contributed by atoms with Crippen LogP contribution >= 0.6 is 0 Å². The smallest absolute Gasteiger partial charge is 0.246 e. The molecular weight excluding hydrogens is 384 g/mol. The van der Waals surface area contributed by atoms with Crippen molar-refractivity contribution in [2.75, 3.05) is 11.7 Å². The van der Waals surface area contributed by atoms with Crippen molar-refractivity contribution in [3.8, 4) is 28.9 Å². The highest BCUT2D eigenvalue weighted by molar-refractivity contribution is 5.66. The molecule has 0 bridgehead atoms. The Morgan fingerprint density at radius 1 is 0.900 bits per heavy atom. The van der Waals surface area contributed by atoms with Gasteiger partial charge in [-0.2, -0.15) is 5.06 Å². The van der Waals surface area contributed by atoms with Crippen LogP contribution in [0, 0.1) is 0 Å². The lowest BCUT2D eigenvalue weighted by Gasteiger charge is -2.24. The van der Waals surface area contributed by atoms with Crippen LogP contribution in [0.1, 0.15) is 24.3 Å². The number of hydroxylamine groups is 1. The second-order valence-corrected chi connectivity index (χ2v) is 6.82. The summed E-state index contributed by atoms with van der Waals surface area (Å²) in [6.45, 7) is 2.47. The van der Waals surface area contributed by atoms with E-state index in [1.165, 1.54) is 4.57 Å². The molecule has 1 atom stereocenters. The van der Waals surface area contributed by atoms with E-state index in [9.17, 15) is 10.2 Å². The van der Waals surface area contributed by atoms with Crippen LogP contribution in [0.15, 0.2) is 77.4 Å². The third kappa shape index (κ3) is 2.75. The van der Waals surface area contributed by atoms with Crippen molar-refractivity contribution in [3.63, 3.8) is 0 Å². The van der Waals surface area contributed by atoms with E-state index in [4.69, 9.17) is 14.0 Å². The first-order valence-corrected chi connectivity index (χ1v) is 9.64. The van der Waals surface area contributed by atoms with Crippen molar-refractivity contribution >= 4 is 5.69 Å². The zero-order valence-electron chi connectivity index (χ0n) is 16.2. The number of hydrogen-bond donors (Lipinski definition) is 2. The Morgan fingerprint density at radius 2 is 1.67 bits per heavy atom. The van der Waals surface area contributed by atoms with Gasteiger partial charge in [-0.1, -0.05) is 18.2 Å². The normalized spacial score (nSPS) is 15.1. The minimum absolute atomic E-state index is 0.119. The van der Waals surface area contributed by atoms with E-state index < -0.39 is 6.04 Å². The fraction of sp³-hybridized carbons (Fsp3) is 0.130. The first-order chi connectivity index (χ1) is 14.7. The van der Waals surface area contributed by atoms with Crippen LogP contribution < -0.4 is 14.6 Å². The Hall–Kier alpha value is -4.00. The molecule has 1 aliphatic heterocycles. The summed E-state index contributed by atoms with van der Waals surface area (Å²) < 4.78 is 12.5. The summed E-state index contributed by atoms with van der Waals surface area (Å²) in [5.41, 5.74) is 1.78. The average Bonchev–Trinajstić information content (AvgIpc) is 3.48. The van der Waals surface area contributed by atoms with Crippen LogP contribution in [0.5, 0.6) is 23.3 Å². The lowest BCUT2D eigenvalue weighted by molar-refractivity contribution is 0.263. The van der Waals surface area contributed by atoms with Gasteiger partial charge in [-0.25, -0.2) is 4.57 Å². The third-order valence-corrected chi connectivity index (χ3v) is 5.04. The number of aromatic nitrogens is 1. The number of anilines is 1. The number of para-hydroxylation sites is 1. The molecule has 7 nitrogen and oxygen atoms in total. The molecule has 2 aromatic heterocycles. The Labute approximate surface area is 172 Å². The minimum atomic E-state index is -0.563. The quantitative estimate of drug-likeness (QED) is 0.498. The zero-order chi connectivity index (χ0) is 20.7. The summed E-state index contributed by atoms with van der Waals surface area (Å²) in [5, 5.41) is 23.7. The van der Waals surface area contributed by atoms with Gasteiger partial charge in [0.2, 0.25) is 17.5 Å². The fourth-order valence-electron chi connectivity index (χ4n) is 3.73. The van der Waals surface area contributed by atoms with Crippen LogP contribution in [0.2, 0.25) is 0 Å². The fourth-order valence-corrected chi connectivity index (χ4v) is 3.73. The molecule has 5 rings (SSSR count). The second-order valence-electron chi connectivity index (χ2n) is 6.82. The van der Waals surface area contributed by atoms with Crippen molar-refractivity contribution in [3.05, 3.63) is 84.3 Å². The summed E-state index contributed by atoms with van der Waals surface area (Å²) in [5.74, 6) is 1.16. The van der Waals surface area contributed by atoms with Gasteiger partial charge in [0.05, 0.1) is 29.8 Å². The summed E-state index contributed by atoms with van der Waals surface area (Å²) in [7, 11) is 0. The van der Waals surface area contributed by atoms with Crippen molar-refractivity contribution in [2.45, 2.75) is 13.0 Å². The van der Waals surface area contributed by atoms with E-state index in [-0.39, 0.29) is 17.5 Å². The number of hydrogen-bond acceptors (Lipinski definition) is 6. The lowest BCUT2D eigenvalue weighted by Crippen LogP contribution is -2.27. The molecule has 7 heteroatoms. The van der Waals surface area contributed by atoms with E-state index in [1.54, 1.807) is 41.7 Å². The Morgan fingerprint density at radius 3 is 2.33 bits per heavy atom. The topological polar surface area (TPSA) is 80.2 Å². The molecule has 1 unspecified atom stereocenters. The number of nitrogens with zero attached hydrogens (tertiary/aromatic N) is 2. The van der Waals surface area contributed by atoms with Gasteiger partial charge < -0.3 is 24.2 Å². The van der Waals surface area contributed by atoms with Gasteiger partial charge >= 0.3 is 0 Å². The third-order valence-electron chi connectivity index (χ3n) is 5.04. The van der Waals surface area contributed by atoms with Crippen molar-refractivity contribution in [2.24, 2.45) is 0 Å². The van der Waals surface area contributed by atoms with Gasteiger partial charge in [0.15, 0.2) is 6.04 Å². The molecule has 4 aromatic rings. The van der Waals surface area contributed by atoms with Gasteiger partial charge in [0.1, 0.15) is 11.5 Å². The van der Waals surface area contributed by atoms with Crippen molar-refractivity contribution < 1.29 is 24.2 Å². The van der Waals surface area contributed by atoms with E-state index in [0.717, 1.165) is 5.69 Å². The number of aromatic hydroxyl groups is 2. The van der Waals surface area contributed by atoms with Crippen molar-refractivity contribution in [1.82, 2.24) is 4.57 Å². The van der Waals surface area contributed by atoms with Gasteiger partial charge in [0, 0.05) is 0 Å². The van der Waals surface area contributed by atoms with Crippen LogP contribution in [-0.2, 0) is 0 Å². The molecule has 0 amide bonds. The van der Waals surface area contributed by atoms with Crippen LogP contribution in [0.25, 0.3) is 5.69 Å². The van der Waals surface area contributed by atoms with Gasteiger partial charge in [-0.05, 0) is 55.5 Å². The predicted octanol–water partition coefficient (Wildman–Crippen LogP) is 4.78. The van der Waals surface area contributed by atoms with Gasteiger partial charge in [-0.3, -0.25) is 0 Å². The molecule has 0 saturated heterocycles. The second kappa shape index (κ2) is 7.11. The molecule has 0 radical (unpaired) electrons. The summed E-state index contributed by atoms with van der Waals surface area (Å²) in [4.78, 5) is 6.02.